The number of amides is 2. The number of hydrogen-bond acceptors (Lipinski definition) is 3. The molecule has 36 heavy (non-hydrogen) atoms. The zero-order chi connectivity index (χ0) is 25.9. The predicted molar refractivity (Wildman–Crippen MR) is 151 cm³/mol. The molecule has 3 aromatic carbocycles. The van der Waals surface area contributed by atoms with E-state index in [9.17, 15) is 9.59 Å². The first-order valence-electron chi connectivity index (χ1n) is 12.4. The van der Waals surface area contributed by atoms with Gasteiger partial charge in [-0.25, -0.2) is 0 Å². The summed E-state index contributed by atoms with van der Waals surface area (Å²) < 4.78 is 0. The van der Waals surface area contributed by atoms with Gasteiger partial charge >= 0.3 is 0 Å². The van der Waals surface area contributed by atoms with Crippen LogP contribution in [0, 0.1) is 13.8 Å². The fourth-order valence-electron chi connectivity index (χ4n) is 4.22. The van der Waals surface area contributed by atoms with Gasteiger partial charge in [-0.3, -0.25) is 9.59 Å². The molecule has 1 atom stereocenters. The molecule has 0 aliphatic rings. The lowest BCUT2D eigenvalue weighted by Gasteiger charge is -2.32. The van der Waals surface area contributed by atoms with Gasteiger partial charge in [0.15, 0.2) is 0 Å². The first kappa shape index (κ1) is 27.8. The van der Waals surface area contributed by atoms with Crippen LogP contribution in [0.25, 0.3) is 0 Å². The van der Waals surface area contributed by atoms with Gasteiger partial charge < -0.3 is 10.2 Å². The Morgan fingerprint density at radius 1 is 0.944 bits per heavy atom. The van der Waals surface area contributed by atoms with Crippen molar-refractivity contribution < 1.29 is 9.59 Å². The highest BCUT2D eigenvalue weighted by molar-refractivity contribution is 7.99. The molecule has 190 valence electrons. The second-order valence-electron chi connectivity index (χ2n) is 9.10. The van der Waals surface area contributed by atoms with E-state index in [0.717, 1.165) is 23.3 Å². The van der Waals surface area contributed by atoms with Gasteiger partial charge in [-0.05, 0) is 43.0 Å². The Labute approximate surface area is 224 Å². The van der Waals surface area contributed by atoms with E-state index in [1.54, 1.807) is 16.7 Å². The molecule has 0 aromatic heterocycles. The van der Waals surface area contributed by atoms with Crippen LogP contribution in [0.5, 0.6) is 0 Å². The molecule has 0 unspecified atom stereocenters. The lowest BCUT2D eigenvalue weighted by Crippen LogP contribution is -2.51. The summed E-state index contributed by atoms with van der Waals surface area (Å²) in [4.78, 5) is 28.7. The third kappa shape index (κ3) is 8.42. The summed E-state index contributed by atoms with van der Waals surface area (Å²) in [7, 11) is 0. The molecular weight excluding hydrogens is 488 g/mol. The van der Waals surface area contributed by atoms with E-state index < -0.39 is 6.04 Å². The summed E-state index contributed by atoms with van der Waals surface area (Å²) in [5.41, 5.74) is 5.47. The van der Waals surface area contributed by atoms with Crippen molar-refractivity contribution in [1.82, 2.24) is 10.2 Å². The molecule has 0 radical (unpaired) electrons. The number of aryl methyl sites for hydroxylation is 2. The summed E-state index contributed by atoms with van der Waals surface area (Å²) in [6.45, 7) is 7.03. The van der Waals surface area contributed by atoms with Gasteiger partial charge in [0.1, 0.15) is 6.04 Å². The van der Waals surface area contributed by atoms with Gasteiger partial charge in [0, 0.05) is 30.3 Å². The number of carbonyl (C=O) groups excluding carboxylic acids is 2. The number of nitrogens with one attached hydrogen (secondary N) is 1. The zero-order valence-electron chi connectivity index (χ0n) is 21.3. The summed E-state index contributed by atoms with van der Waals surface area (Å²) >= 11 is 8.04. The van der Waals surface area contributed by atoms with Crippen LogP contribution in [0.15, 0.2) is 72.8 Å². The molecule has 3 aromatic rings. The highest BCUT2D eigenvalue weighted by Gasteiger charge is 2.30. The van der Waals surface area contributed by atoms with Gasteiger partial charge in [0.2, 0.25) is 11.8 Å². The Balaban J connectivity index is 1.84. The van der Waals surface area contributed by atoms with Gasteiger partial charge in [0.05, 0.1) is 5.75 Å². The van der Waals surface area contributed by atoms with E-state index in [1.165, 1.54) is 16.7 Å². The summed E-state index contributed by atoms with van der Waals surface area (Å²) in [5, 5.41) is 3.60. The number of nitrogens with zero attached hydrogens (tertiary/aromatic N) is 1. The van der Waals surface area contributed by atoms with E-state index in [0.29, 0.717) is 18.0 Å². The van der Waals surface area contributed by atoms with Crippen molar-refractivity contribution >= 4 is 35.2 Å². The maximum atomic E-state index is 13.7. The zero-order valence-corrected chi connectivity index (χ0v) is 22.9. The minimum Gasteiger partial charge on any atom is -0.354 e. The van der Waals surface area contributed by atoms with Gasteiger partial charge in [-0.15, -0.1) is 11.8 Å². The topological polar surface area (TPSA) is 49.4 Å². The largest absolute Gasteiger partial charge is 0.354 e. The van der Waals surface area contributed by atoms with Crippen LogP contribution in [0.4, 0.5) is 0 Å². The second kappa shape index (κ2) is 14.1. The van der Waals surface area contributed by atoms with E-state index >= 15 is 0 Å². The van der Waals surface area contributed by atoms with Crippen LogP contribution in [0.2, 0.25) is 5.02 Å². The Hall–Kier alpha value is -2.76. The first-order valence-corrected chi connectivity index (χ1v) is 13.9. The standard InChI is InChI=1S/C30H35ClN2O2S/c1-4-14-32-30(35)28(18-24-10-6-5-7-11-24)33(19-26-12-8-9-13-27(26)31)29(34)21-36-20-25-16-22(2)15-23(3)17-25/h5-13,15-17,28H,4,14,18-21H2,1-3H3,(H,32,35)/t28-/m1/s1. The Kier molecular flexibility index (Phi) is 10.9. The van der Waals surface area contributed by atoms with E-state index in [4.69, 9.17) is 11.6 Å². The van der Waals surface area contributed by atoms with Crippen LogP contribution >= 0.6 is 23.4 Å². The predicted octanol–water partition coefficient (Wildman–Crippen LogP) is 6.36. The number of benzene rings is 3. The number of carbonyl (C=O) groups is 2. The third-order valence-electron chi connectivity index (χ3n) is 5.89. The molecule has 0 aliphatic heterocycles. The van der Waals surface area contributed by atoms with Crippen molar-refractivity contribution in [1.29, 1.82) is 0 Å². The summed E-state index contributed by atoms with van der Waals surface area (Å²) in [6, 6.07) is 23.2. The van der Waals surface area contributed by atoms with Crippen molar-refractivity contribution in [3.63, 3.8) is 0 Å². The Morgan fingerprint density at radius 3 is 2.28 bits per heavy atom. The van der Waals surface area contributed by atoms with E-state index in [-0.39, 0.29) is 24.1 Å². The number of halogens is 1. The summed E-state index contributed by atoms with van der Waals surface area (Å²) in [6.07, 6.45) is 1.27. The van der Waals surface area contributed by atoms with E-state index in [2.05, 4.69) is 37.4 Å². The van der Waals surface area contributed by atoms with Crippen molar-refractivity contribution in [2.45, 2.75) is 52.0 Å². The fourth-order valence-corrected chi connectivity index (χ4v) is 5.26. The lowest BCUT2D eigenvalue weighted by atomic mass is 10.0. The monoisotopic (exact) mass is 522 g/mol. The minimum atomic E-state index is -0.635. The quantitative estimate of drug-likeness (QED) is 0.301. The Bertz CT molecular complexity index is 1130. The number of rotatable bonds is 12. The molecule has 3 rings (SSSR count). The molecule has 4 nitrogen and oxygen atoms in total. The molecule has 1 N–H and O–H groups in total. The molecule has 0 saturated carbocycles. The molecule has 2 amide bonds. The highest BCUT2D eigenvalue weighted by atomic mass is 35.5. The van der Waals surface area contributed by atoms with Crippen molar-refractivity contribution in [2.24, 2.45) is 0 Å². The molecular formula is C30H35ClN2O2S. The SMILES string of the molecule is CCCNC(=O)[C@@H](Cc1ccccc1)N(Cc1ccccc1Cl)C(=O)CSCc1cc(C)cc(C)c1. The maximum Gasteiger partial charge on any atom is 0.243 e. The number of thioether (sulfide) groups is 1. The average Bonchev–Trinajstić information content (AvgIpc) is 2.85. The molecule has 0 heterocycles. The third-order valence-corrected chi connectivity index (χ3v) is 7.25. The average molecular weight is 523 g/mol. The molecule has 0 bridgehead atoms. The fraction of sp³-hybridized carbons (Fsp3) is 0.333. The molecule has 6 heteroatoms. The molecule has 0 saturated heterocycles. The van der Waals surface area contributed by atoms with Gasteiger partial charge in [-0.1, -0.05) is 96.4 Å². The smallest absolute Gasteiger partial charge is 0.243 e. The van der Waals surface area contributed by atoms with Crippen LogP contribution in [-0.2, 0) is 28.3 Å². The van der Waals surface area contributed by atoms with Crippen LogP contribution < -0.4 is 5.32 Å². The van der Waals surface area contributed by atoms with Crippen molar-refractivity contribution in [3.05, 3.63) is 106 Å². The molecule has 0 aliphatic carbocycles. The maximum absolute atomic E-state index is 13.7. The molecule has 0 spiro atoms. The van der Waals surface area contributed by atoms with Crippen molar-refractivity contribution in [2.75, 3.05) is 12.3 Å². The first-order chi connectivity index (χ1) is 17.4. The second-order valence-corrected chi connectivity index (χ2v) is 10.5. The van der Waals surface area contributed by atoms with E-state index in [1.807, 2.05) is 61.5 Å². The Morgan fingerprint density at radius 2 is 1.61 bits per heavy atom. The highest BCUT2D eigenvalue weighted by Crippen LogP contribution is 2.22. The minimum absolute atomic E-state index is 0.0723. The number of hydrogen-bond donors (Lipinski definition) is 1. The van der Waals surface area contributed by atoms with Crippen LogP contribution in [-0.4, -0.2) is 35.1 Å². The normalized spacial score (nSPS) is 11.7. The van der Waals surface area contributed by atoms with Gasteiger partial charge in [-0.2, -0.15) is 0 Å². The molecule has 0 fully saturated rings. The van der Waals surface area contributed by atoms with Gasteiger partial charge in [0.25, 0.3) is 0 Å². The van der Waals surface area contributed by atoms with Crippen LogP contribution in [0.3, 0.4) is 0 Å². The van der Waals surface area contributed by atoms with Crippen molar-refractivity contribution in [3.8, 4) is 0 Å². The van der Waals surface area contributed by atoms with Crippen LogP contribution in [0.1, 0.15) is 41.2 Å². The lowest BCUT2D eigenvalue weighted by molar-refractivity contribution is -0.139. The summed E-state index contributed by atoms with van der Waals surface area (Å²) in [5.74, 6) is 0.806.